The molecule has 1 aliphatic rings. The SMILES string of the molecule is NCCCCCCCCC(=O)NCCCC(=O)NC1=NN(c2ccc(Cl)c(Cl)c2)CC1. The molecule has 1 aromatic rings. The van der Waals surface area contributed by atoms with Gasteiger partial charge in [0.25, 0.3) is 0 Å². The van der Waals surface area contributed by atoms with Gasteiger partial charge in [-0.05, 0) is 44.0 Å². The third kappa shape index (κ3) is 9.89. The lowest BCUT2D eigenvalue weighted by atomic mass is 10.1. The van der Waals surface area contributed by atoms with Crippen LogP contribution in [-0.2, 0) is 9.59 Å². The largest absolute Gasteiger partial charge is 0.356 e. The van der Waals surface area contributed by atoms with E-state index in [-0.39, 0.29) is 11.8 Å². The molecule has 0 unspecified atom stereocenters. The Morgan fingerprint density at radius 3 is 2.42 bits per heavy atom. The van der Waals surface area contributed by atoms with Crippen molar-refractivity contribution in [3.63, 3.8) is 0 Å². The van der Waals surface area contributed by atoms with Gasteiger partial charge in [0.05, 0.1) is 15.7 Å². The predicted molar refractivity (Wildman–Crippen MR) is 128 cm³/mol. The maximum Gasteiger partial charge on any atom is 0.225 e. The van der Waals surface area contributed by atoms with Crippen molar-refractivity contribution in [3.05, 3.63) is 28.2 Å². The van der Waals surface area contributed by atoms with Crippen LogP contribution in [0.5, 0.6) is 0 Å². The van der Waals surface area contributed by atoms with Gasteiger partial charge in [-0.15, -0.1) is 0 Å². The first kappa shape index (κ1) is 25.4. The van der Waals surface area contributed by atoms with E-state index in [0.717, 1.165) is 37.9 Å². The van der Waals surface area contributed by atoms with Crippen LogP contribution in [0.3, 0.4) is 0 Å². The highest BCUT2D eigenvalue weighted by molar-refractivity contribution is 6.42. The summed E-state index contributed by atoms with van der Waals surface area (Å²) in [6.45, 7) is 1.92. The molecule has 4 N–H and O–H groups in total. The number of nitrogens with two attached hydrogens (primary N) is 1. The van der Waals surface area contributed by atoms with Crippen LogP contribution in [0.25, 0.3) is 0 Å². The quantitative estimate of drug-likeness (QED) is 0.376. The fourth-order valence-electron chi connectivity index (χ4n) is 3.30. The topological polar surface area (TPSA) is 99.8 Å². The van der Waals surface area contributed by atoms with Gasteiger partial charge in [-0.3, -0.25) is 14.6 Å². The van der Waals surface area contributed by atoms with Gasteiger partial charge in [-0.2, -0.15) is 5.10 Å². The van der Waals surface area contributed by atoms with Crippen molar-refractivity contribution in [2.45, 2.75) is 64.2 Å². The second-order valence-corrected chi connectivity index (χ2v) is 8.49. The van der Waals surface area contributed by atoms with Gasteiger partial charge >= 0.3 is 0 Å². The molecule has 1 aliphatic heterocycles. The minimum Gasteiger partial charge on any atom is -0.356 e. The number of hydrazone groups is 1. The van der Waals surface area contributed by atoms with Crippen LogP contribution in [0.1, 0.15) is 64.2 Å². The Bertz CT molecular complexity index is 757. The molecule has 1 heterocycles. The standard InChI is InChI=1S/C22H33Cl2N5O2/c23-18-11-10-17(16-19(18)24)29-15-12-20(28-29)27-22(31)9-7-14-26-21(30)8-5-3-1-2-4-6-13-25/h10-11,16H,1-9,12-15,25H2,(H,26,30)(H,27,28,31). The predicted octanol–water partition coefficient (Wildman–Crippen LogP) is 4.22. The Morgan fingerprint density at radius 1 is 0.968 bits per heavy atom. The molecule has 0 spiro atoms. The number of nitrogens with one attached hydrogen (secondary N) is 2. The van der Waals surface area contributed by atoms with Gasteiger partial charge < -0.3 is 16.4 Å². The number of unbranched alkanes of at least 4 members (excludes halogenated alkanes) is 5. The molecule has 1 aromatic carbocycles. The van der Waals surface area contributed by atoms with Crippen LogP contribution in [0.4, 0.5) is 5.69 Å². The van der Waals surface area contributed by atoms with Crippen LogP contribution >= 0.6 is 23.2 Å². The Kier molecular flexibility index (Phi) is 11.7. The summed E-state index contributed by atoms with van der Waals surface area (Å²) in [7, 11) is 0. The van der Waals surface area contributed by atoms with E-state index < -0.39 is 0 Å². The highest BCUT2D eigenvalue weighted by atomic mass is 35.5. The van der Waals surface area contributed by atoms with E-state index in [1.165, 1.54) is 12.8 Å². The summed E-state index contributed by atoms with van der Waals surface area (Å²) in [5.41, 5.74) is 6.30. The number of carbonyl (C=O) groups is 2. The van der Waals surface area contributed by atoms with Crippen LogP contribution in [-0.4, -0.2) is 37.3 Å². The molecular formula is C22H33Cl2N5O2. The lowest BCUT2D eigenvalue weighted by Crippen LogP contribution is -2.30. The second-order valence-electron chi connectivity index (χ2n) is 7.68. The van der Waals surface area contributed by atoms with Crippen molar-refractivity contribution in [2.75, 3.05) is 24.6 Å². The molecule has 0 bridgehead atoms. The number of amides is 2. The summed E-state index contributed by atoms with van der Waals surface area (Å²) in [6.07, 6.45) is 8.70. The number of nitrogens with zero attached hydrogens (tertiary/aromatic N) is 2. The molecule has 0 radical (unpaired) electrons. The normalized spacial score (nSPS) is 13.3. The second kappa shape index (κ2) is 14.3. The molecule has 0 aliphatic carbocycles. The van der Waals surface area contributed by atoms with Crippen LogP contribution in [0.2, 0.25) is 10.0 Å². The number of hydrogen-bond acceptors (Lipinski definition) is 5. The van der Waals surface area contributed by atoms with Crippen molar-refractivity contribution >= 4 is 46.5 Å². The number of benzene rings is 1. The molecule has 9 heteroatoms. The summed E-state index contributed by atoms with van der Waals surface area (Å²) in [5, 5.41) is 12.9. The summed E-state index contributed by atoms with van der Waals surface area (Å²) < 4.78 is 0. The Hall–Kier alpha value is -1.83. The van der Waals surface area contributed by atoms with E-state index in [4.69, 9.17) is 28.9 Å². The number of anilines is 1. The number of rotatable bonds is 13. The summed E-state index contributed by atoms with van der Waals surface area (Å²) in [6, 6.07) is 5.32. The third-order valence-electron chi connectivity index (χ3n) is 5.05. The zero-order chi connectivity index (χ0) is 22.5. The Balaban J connectivity index is 1.56. The van der Waals surface area contributed by atoms with Gasteiger partial charge in [0.2, 0.25) is 11.8 Å². The molecule has 0 fully saturated rings. The highest BCUT2D eigenvalue weighted by Crippen LogP contribution is 2.28. The van der Waals surface area contributed by atoms with Crippen molar-refractivity contribution in [2.24, 2.45) is 10.8 Å². The zero-order valence-corrected chi connectivity index (χ0v) is 19.5. The summed E-state index contributed by atoms with van der Waals surface area (Å²) in [4.78, 5) is 24.0. The van der Waals surface area contributed by atoms with Crippen molar-refractivity contribution in [1.29, 1.82) is 0 Å². The van der Waals surface area contributed by atoms with Crippen molar-refractivity contribution in [1.82, 2.24) is 10.6 Å². The highest BCUT2D eigenvalue weighted by Gasteiger charge is 2.18. The minimum atomic E-state index is -0.0959. The summed E-state index contributed by atoms with van der Waals surface area (Å²) >= 11 is 12.0. The third-order valence-corrected chi connectivity index (χ3v) is 5.79. The van der Waals surface area contributed by atoms with E-state index in [2.05, 4.69) is 15.7 Å². The first-order valence-electron chi connectivity index (χ1n) is 11.1. The Labute approximate surface area is 194 Å². The average molecular weight is 470 g/mol. The maximum atomic E-state index is 12.1. The van der Waals surface area contributed by atoms with Gasteiger partial charge in [-0.25, -0.2) is 0 Å². The Morgan fingerprint density at radius 2 is 1.68 bits per heavy atom. The smallest absolute Gasteiger partial charge is 0.225 e. The van der Waals surface area contributed by atoms with E-state index in [9.17, 15) is 9.59 Å². The molecule has 2 rings (SSSR count). The number of amidine groups is 1. The molecule has 2 amide bonds. The first-order chi connectivity index (χ1) is 15.0. The lowest BCUT2D eigenvalue weighted by molar-refractivity contribution is -0.122. The fraction of sp³-hybridized carbons (Fsp3) is 0.591. The van der Waals surface area contributed by atoms with Crippen LogP contribution in [0.15, 0.2) is 23.3 Å². The zero-order valence-electron chi connectivity index (χ0n) is 18.0. The molecule has 0 atom stereocenters. The molecule has 0 saturated heterocycles. The number of halogens is 2. The lowest BCUT2D eigenvalue weighted by Gasteiger charge is -2.13. The molecular weight excluding hydrogens is 437 g/mol. The molecule has 0 saturated carbocycles. The molecule has 172 valence electrons. The van der Waals surface area contributed by atoms with E-state index in [1.54, 1.807) is 17.1 Å². The number of hydrogen-bond donors (Lipinski definition) is 3. The molecule has 31 heavy (non-hydrogen) atoms. The maximum absolute atomic E-state index is 12.1. The summed E-state index contributed by atoms with van der Waals surface area (Å²) in [5.74, 6) is 0.591. The van der Waals surface area contributed by atoms with Gasteiger partial charge in [0, 0.05) is 32.4 Å². The van der Waals surface area contributed by atoms with Gasteiger partial charge in [-0.1, -0.05) is 48.9 Å². The average Bonchev–Trinajstić information content (AvgIpc) is 3.21. The van der Waals surface area contributed by atoms with E-state index in [1.807, 2.05) is 6.07 Å². The van der Waals surface area contributed by atoms with Gasteiger partial charge in [0.1, 0.15) is 5.84 Å². The van der Waals surface area contributed by atoms with Gasteiger partial charge in [0.15, 0.2) is 0 Å². The van der Waals surface area contributed by atoms with E-state index in [0.29, 0.717) is 54.7 Å². The number of carbonyl (C=O) groups excluding carboxylic acids is 2. The molecule has 7 nitrogen and oxygen atoms in total. The van der Waals surface area contributed by atoms with Crippen molar-refractivity contribution < 1.29 is 9.59 Å². The van der Waals surface area contributed by atoms with Crippen LogP contribution < -0.4 is 21.4 Å². The van der Waals surface area contributed by atoms with E-state index >= 15 is 0 Å². The van der Waals surface area contributed by atoms with Crippen LogP contribution in [0, 0.1) is 0 Å². The first-order valence-corrected chi connectivity index (χ1v) is 11.8. The van der Waals surface area contributed by atoms with Crippen molar-refractivity contribution in [3.8, 4) is 0 Å². The molecule has 0 aromatic heterocycles. The fourth-order valence-corrected chi connectivity index (χ4v) is 3.60. The minimum absolute atomic E-state index is 0.0554. The monoisotopic (exact) mass is 469 g/mol.